The molecule has 1 aliphatic rings. The van der Waals surface area contributed by atoms with Gasteiger partial charge < -0.3 is 9.88 Å². The van der Waals surface area contributed by atoms with Crippen molar-refractivity contribution < 1.29 is 4.79 Å². The second-order valence-electron chi connectivity index (χ2n) is 7.03. The molecule has 0 unspecified atom stereocenters. The van der Waals surface area contributed by atoms with Crippen LogP contribution in [-0.2, 0) is 32.2 Å². The normalized spacial score (nSPS) is 12.9. The van der Waals surface area contributed by atoms with Crippen LogP contribution in [0.15, 0.2) is 27.5 Å². The number of carbonyl (C=O) groups excluding carboxylic acids is 1. The van der Waals surface area contributed by atoms with Crippen molar-refractivity contribution in [2.45, 2.75) is 65.8 Å². The number of para-hydroxylation sites is 1. The van der Waals surface area contributed by atoms with Gasteiger partial charge in [0.25, 0.3) is 5.91 Å². The number of amides is 1. The van der Waals surface area contributed by atoms with E-state index in [0.29, 0.717) is 10.0 Å². The fourth-order valence-electron chi connectivity index (χ4n) is 4.02. The zero-order valence-electron chi connectivity index (χ0n) is 16.3. The SMILES string of the molecule is CCCc1c(C(=O)Nc2c(CC)cccc2CC)c(=O)c(Br)c2n1CCC2. The van der Waals surface area contributed by atoms with E-state index in [9.17, 15) is 9.59 Å². The summed E-state index contributed by atoms with van der Waals surface area (Å²) in [4.78, 5) is 26.3. The van der Waals surface area contributed by atoms with E-state index in [0.717, 1.165) is 73.3 Å². The Morgan fingerprint density at radius 1 is 1.19 bits per heavy atom. The third-order valence-electron chi connectivity index (χ3n) is 5.37. The van der Waals surface area contributed by atoms with E-state index in [1.807, 2.05) is 18.2 Å². The number of nitrogens with one attached hydrogen (secondary N) is 1. The number of pyridine rings is 1. The number of halogens is 1. The van der Waals surface area contributed by atoms with Crippen LogP contribution in [-0.4, -0.2) is 10.5 Å². The van der Waals surface area contributed by atoms with Gasteiger partial charge >= 0.3 is 0 Å². The van der Waals surface area contributed by atoms with E-state index in [2.05, 4.69) is 46.6 Å². The Kier molecular flexibility index (Phi) is 6.20. The van der Waals surface area contributed by atoms with Crippen LogP contribution in [0.1, 0.15) is 66.5 Å². The van der Waals surface area contributed by atoms with Gasteiger partial charge in [0.2, 0.25) is 5.43 Å². The van der Waals surface area contributed by atoms with Crippen LogP contribution in [0, 0.1) is 0 Å². The number of aromatic nitrogens is 1. The molecule has 1 aromatic heterocycles. The number of rotatable bonds is 6. The molecule has 0 fully saturated rings. The van der Waals surface area contributed by atoms with Crippen LogP contribution in [0.5, 0.6) is 0 Å². The summed E-state index contributed by atoms with van der Waals surface area (Å²) in [5.74, 6) is -0.290. The molecular formula is C22H27BrN2O2. The minimum Gasteiger partial charge on any atom is -0.346 e. The van der Waals surface area contributed by atoms with Crippen molar-refractivity contribution in [2.75, 3.05) is 5.32 Å². The van der Waals surface area contributed by atoms with Gasteiger partial charge in [0.15, 0.2) is 0 Å². The number of fused-ring (bicyclic) bond motifs is 1. The van der Waals surface area contributed by atoms with Gasteiger partial charge in [-0.3, -0.25) is 9.59 Å². The number of benzene rings is 1. The summed E-state index contributed by atoms with van der Waals surface area (Å²) in [5.41, 5.74) is 5.07. The number of nitrogens with zero attached hydrogens (tertiary/aromatic N) is 1. The van der Waals surface area contributed by atoms with E-state index >= 15 is 0 Å². The van der Waals surface area contributed by atoms with Gasteiger partial charge in [0, 0.05) is 23.6 Å². The van der Waals surface area contributed by atoms with E-state index in [-0.39, 0.29) is 11.3 Å². The summed E-state index contributed by atoms with van der Waals surface area (Å²) in [6, 6.07) is 6.09. The zero-order valence-corrected chi connectivity index (χ0v) is 17.9. The molecule has 0 saturated carbocycles. The molecule has 4 nitrogen and oxygen atoms in total. The number of hydrogen-bond donors (Lipinski definition) is 1. The van der Waals surface area contributed by atoms with Gasteiger partial charge in [-0.1, -0.05) is 45.4 Å². The fraction of sp³-hybridized carbons (Fsp3) is 0.455. The van der Waals surface area contributed by atoms with Crippen molar-refractivity contribution in [2.24, 2.45) is 0 Å². The minimum atomic E-state index is -0.290. The van der Waals surface area contributed by atoms with E-state index in [1.165, 1.54) is 0 Å². The predicted octanol–water partition coefficient (Wildman–Crippen LogP) is 4.89. The zero-order chi connectivity index (χ0) is 19.6. The van der Waals surface area contributed by atoms with Crippen LogP contribution in [0.4, 0.5) is 5.69 Å². The van der Waals surface area contributed by atoms with Crippen LogP contribution in [0.25, 0.3) is 0 Å². The molecule has 0 aliphatic carbocycles. The Morgan fingerprint density at radius 3 is 2.44 bits per heavy atom. The lowest BCUT2D eigenvalue weighted by molar-refractivity contribution is 0.102. The molecule has 0 bridgehead atoms. The highest BCUT2D eigenvalue weighted by Gasteiger charge is 2.27. The molecule has 3 rings (SSSR count). The molecule has 0 atom stereocenters. The lowest BCUT2D eigenvalue weighted by atomic mass is 10.0. The maximum Gasteiger partial charge on any atom is 0.261 e. The highest BCUT2D eigenvalue weighted by atomic mass is 79.9. The molecular weight excluding hydrogens is 404 g/mol. The summed E-state index contributed by atoms with van der Waals surface area (Å²) in [7, 11) is 0. The summed E-state index contributed by atoms with van der Waals surface area (Å²) < 4.78 is 2.72. The third kappa shape index (κ3) is 3.62. The first-order valence-electron chi connectivity index (χ1n) is 9.89. The van der Waals surface area contributed by atoms with E-state index in [1.54, 1.807) is 0 Å². The van der Waals surface area contributed by atoms with Crippen molar-refractivity contribution >= 4 is 27.5 Å². The topological polar surface area (TPSA) is 51.1 Å². The van der Waals surface area contributed by atoms with Crippen molar-refractivity contribution in [3.05, 3.63) is 61.0 Å². The standard InChI is InChI=1S/C22H27BrN2O2/c1-4-9-16-18(21(26)19(23)17-12-8-13-25(16)17)22(27)24-20-14(5-2)10-7-11-15(20)6-3/h7,10-11H,4-6,8-9,12-13H2,1-3H3,(H,24,27). The first-order valence-corrected chi connectivity index (χ1v) is 10.7. The van der Waals surface area contributed by atoms with Crippen molar-refractivity contribution in [3.63, 3.8) is 0 Å². The highest BCUT2D eigenvalue weighted by Crippen LogP contribution is 2.28. The second-order valence-corrected chi connectivity index (χ2v) is 7.82. The maximum absolute atomic E-state index is 13.3. The van der Waals surface area contributed by atoms with Crippen LogP contribution < -0.4 is 10.7 Å². The van der Waals surface area contributed by atoms with Gasteiger partial charge in [-0.25, -0.2) is 0 Å². The average Bonchev–Trinajstić information content (AvgIpc) is 3.16. The quantitative estimate of drug-likeness (QED) is 0.709. The van der Waals surface area contributed by atoms with Gasteiger partial charge in [0.1, 0.15) is 5.56 Å². The van der Waals surface area contributed by atoms with Gasteiger partial charge in [0.05, 0.1) is 4.47 Å². The smallest absolute Gasteiger partial charge is 0.261 e. The Labute approximate surface area is 169 Å². The maximum atomic E-state index is 13.3. The number of aryl methyl sites for hydroxylation is 2. The number of anilines is 1. The number of carbonyl (C=O) groups is 1. The number of hydrogen-bond acceptors (Lipinski definition) is 2. The molecule has 144 valence electrons. The summed E-state index contributed by atoms with van der Waals surface area (Å²) in [6.45, 7) is 7.11. The van der Waals surface area contributed by atoms with E-state index in [4.69, 9.17) is 0 Å². The molecule has 1 amide bonds. The second kappa shape index (κ2) is 8.42. The Hall–Kier alpha value is -1.88. The molecule has 1 N–H and O–H groups in total. The monoisotopic (exact) mass is 430 g/mol. The molecule has 2 aromatic rings. The molecule has 0 saturated heterocycles. The van der Waals surface area contributed by atoms with Gasteiger partial charge in [-0.2, -0.15) is 0 Å². The van der Waals surface area contributed by atoms with Crippen LogP contribution in [0.3, 0.4) is 0 Å². The molecule has 0 radical (unpaired) electrons. The van der Waals surface area contributed by atoms with Gasteiger partial charge in [-0.15, -0.1) is 0 Å². The minimum absolute atomic E-state index is 0.184. The Morgan fingerprint density at radius 2 is 1.85 bits per heavy atom. The Balaban J connectivity index is 2.11. The fourth-order valence-corrected chi connectivity index (χ4v) is 4.63. The third-order valence-corrected chi connectivity index (χ3v) is 6.18. The summed E-state index contributed by atoms with van der Waals surface area (Å²) >= 11 is 3.46. The molecule has 5 heteroatoms. The van der Waals surface area contributed by atoms with Crippen molar-refractivity contribution in [1.29, 1.82) is 0 Å². The molecule has 2 heterocycles. The lowest BCUT2D eigenvalue weighted by Gasteiger charge is -2.19. The van der Waals surface area contributed by atoms with Crippen molar-refractivity contribution in [3.8, 4) is 0 Å². The first-order chi connectivity index (χ1) is 13.0. The Bertz CT molecular complexity index is 909. The average molecular weight is 431 g/mol. The molecule has 1 aromatic carbocycles. The largest absolute Gasteiger partial charge is 0.346 e. The molecule has 27 heavy (non-hydrogen) atoms. The van der Waals surface area contributed by atoms with Crippen LogP contribution >= 0.6 is 15.9 Å². The summed E-state index contributed by atoms with van der Waals surface area (Å²) in [5, 5.41) is 3.08. The van der Waals surface area contributed by atoms with Gasteiger partial charge in [-0.05, 0) is 59.2 Å². The molecule has 0 spiro atoms. The first kappa shape index (κ1) is 19.9. The van der Waals surface area contributed by atoms with Crippen LogP contribution in [0.2, 0.25) is 0 Å². The predicted molar refractivity (Wildman–Crippen MR) is 114 cm³/mol. The molecule has 1 aliphatic heterocycles. The van der Waals surface area contributed by atoms with E-state index < -0.39 is 0 Å². The lowest BCUT2D eigenvalue weighted by Crippen LogP contribution is -2.29. The summed E-state index contributed by atoms with van der Waals surface area (Å²) in [6.07, 6.45) is 5.18. The van der Waals surface area contributed by atoms with Crippen molar-refractivity contribution in [1.82, 2.24) is 4.57 Å². The highest BCUT2D eigenvalue weighted by molar-refractivity contribution is 9.10.